The lowest BCUT2D eigenvalue weighted by Gasteiger charge is -2.09. The quantitative estimate of drug-likeness (QED) is 0.418. The van der Waals surface area contributed by atoms with Gasteiger partial charge in [-0.1, -0.05) is 20.8 Å². The van der Waals surface area contributed by atoms with Crippen molar-refractivity contribution in [3.05, 3.63) is 55.6 Å². The number of nitrogens with zero attached hydrogens (tertiary/aromatic N) is 1. The van der Waals surface area contributed by atoms with Gasteiger partial charge >= 0.3 is 0 Å². The van der Waals surface area contributed by atoms with E-state index in [1.165, 1.54) is 0 Å². The molecule has 1 heterocycles. The van der Waals surface area contributed by atoms with Crippen molar-refractivity contribution in [2.45, 2.75) is 40.2 Å². The van der Waals surface area contributed by atoms with Crippen molar-refractivity contribution in [2.24, 2.45) is 0 Å². The molecule has 0 saturated carbocycles. The number of hydrogen-bond acceptors (Lipinski definition) is 6. The van der Waals surface area contributed by atoms with Crippen LogP contribution in [0.4, 0.5) is 5.69 Å². The Labute approximate surface area is 185 Å². The van der Waals surface area contributed by atoms with E-state index < -0.39 is 6.10 Å². The van der Waals surface area contributed by atoms with Gasteiger partial charge in [0.05, 0.1) is 16.3 Å². The normalized spacial score (nSPS) is 10.4. The lowest BCUT2D eigenvalue weighted by molar-refractivity contribution is 0.104. The van der Waals surface area contributed by atoms with Crippen molar-refractivity contribution in [1.29, 1.82) is 0 Å². The standard InChI is InChI=1S/C18H20N2O2S.C2H6O.C2H6.C2H4/c1-3-14(21)11-22-15-8-9-16-17(10-15)23-18(20-16)12-4-6-13(19-2)7-5-12;1-2-3;2*1-2/h4-10,14,19,21H,3,11H2,1-2H3;3H,2H2,1H3;1-2H3;1-2H2. The van der Waals surface area contributed by atoms with Crippen molar-refractivity contribution < 1.29 is 14.9 Å². The molecule has 0 saturated heterocycles. The summed E-state index contributed by atoms with van der Waals surface area (Å²) >= 11 is 1.64. The third-order valence-corrected chi connectivity index (χ3v) is 4.76. The highest BCUT2D eigenvalue weighted by Crippen LogP contribution is 2.32. The molecular formula is C24H36N2O3S. The number of hydrogen-bond donors (Lipinski definition) is 3. The summed E-state index contributed by atoms with van der Waals surface area (Å²) in [5.41, 5.74) is 3.15. The van der Waals surface area contributed by atoms with E-state index in [0.29, 0.717) is 13.0 Å². The molecule has 0 aliphatic heterocycles. The van der Waals surface area contributed by atoms with Gasteiger partial charge in [-0.05, 0) is 55.8 Å². The number of fused-ring (bicyclic) bond motifs is 1. The Morgan fingerprint density at radius 2 is 1.70 bits per heavy atom. The summed E-state index contributed by atoms with van der Waals surface area (Å²) in [5, 5.41) is 21.3. The molecule has 1 unspecified atom stereocenters. The van der Waals surface area contributed by atoms with Crippen LogP contribution in [-0.4, -0.2) is 41.6 Å². The van der Waals surface area contributed by atoms with E-state index in [0.717, 1.165) is 32.2 Å². The maximum Gasteiger partial charge on any atom is 0.124 e. The van der Waals surface area contributed by atoms with E-state index in [1.54, 1.807) is 18.3 Å². The zero-order chi connectivity index (χ0) is 22.9. The number of ether oxygens (including phenoxy) is 1. The number of aliphatic hydroxyl groups excluding tert-OH is 2. The maximum absolute atomic E-state index is 9.59. The molecule has 1 aromatic heterocycles. The molecule has 1 atom stereocenters. The Kier molecular flexibility index (Phi) is 15.1. The molecule has 0 fully saturated rings. The lowest BCUT2D eigenvalue weighted by Crippen LogP contribution is -2.15. The molecule has 3 N–H and O–H groups in total. The molecule has 0 radical (unpaired) electrons. The monoisotopic (exact) mass is 432 g/mol. The van der Waals surface area contributed by atoms with Gasteiger partial charge in [0.2, 0.25) is 0 Å². The fourth-order valence-corrected chi connectivity index (χ4v) is 3.21. The number of nitrogens with one attached hydrogen (secondary N) is 1. The Morgan fingerprint density at radius 3 is 2.23 bits per heavy atom. The number of benzene rings is 2. The summed E-state index contributed by atoms with van der Waals surface area (Å²) in [5.74, 6) is 0.769. The first kappa shape index (κ1) is 27.6. The molecule has 2 aromatic carbocycles. The summed E-state index contributed by atoms with van der Waals surface area (Å²) in [4.78, 5) is 4.68. The molecular weight excluding hydrogens is 396 g/mol. The van der Waals surface area contributed by atoms with E-state index in [4.69, 9.17) is 9.84 Å². The summed E-state index contributed by atoms with van der Waals surface area (Å²) in [6.07, 6.45) is 0.267. The minimum atomic E-state index is -0.423. The Balaban J connectivity index is 0.00000108. The SMILES string of the molecule is C=C.CC.CCC(O)COc1ccc2nc(-c3ccc(NC)cc3)sc2c1.CCO. The first-order valence-corrected chi connectivity index (χ1v) is 11.0. The summed E-state index contributed by atoms with van der Waals surface area (Å²) < 4.78 is 6.72. The average molecular weight is 433 g/mol. The fraction of sp³-hybridized carbons (Fsp3) is 0.375. The molecule has 0 spiro atoms. The van der Waals surface area contributed by atoms with Crippen molar-refractivity contribution in [1.82, 2.24) is 4.98 Å². The number of aliphatic hydroxyl groups is 2. The van der Waals surface area contributed by atoms with Gasteiger partial charge in [-0.25, -0.2) is 4.98 Å². The van der Waals surface area contributed by atoms with Crippen LogP contribution in [0.5, 0.6) is 5.75 Å². The van der Waals surface area contributed by atoms with Gasteiger partial charge in [0, 0.05) is 24.9 Å². The van der Waals surface area contributed by atoms with Crippen LogP contribution in [0.3, 0.4) is 0 Å². The van der Waals surface area contributed by atoms with Crippen LogP contribution in [0.2, 0.25) is 0 Å². The zero-order valence-electron chi connectivity index (χ0n) is 18.8. The Hall–Kier alpha value is -2.41. The Bertz CT molecular complexity index is 819. The predicted octanol–water partition coefficient (Wildman–Crippen LogP) is 5.98. The molecule has 0 aliphatic carbocycles. The van der Waals surface area contributed by atoms with Crippen LogP contribution in [0.25, 0.3) is 20.8 Å². The van der Waals surface area contributed by atoms with Crippen LogP contribution in [0.1, 0.15) is 34.1 Å². The van der Waals surface area contributed by atoms with E-state index >= 15 is 0 Å². The van der Waals surface area contributed by atoms with E-state index in [9.17, 15) is 5.11 Å². The molecule has 0 bridgehead atoms. The van der Waals surface area contributed by atoms with Gasteiger partial charge < -0.3 is 20.3 Å². The van der Waals surface area contributed by atoms with Crippen molar-refractivity contribution in [3.8, 4) is 16.3 Å². The first-order chi connectivity index (χ1) is 14.6. The summed E-state index contributed by atoms with van der Waals surface area (Å²) in [7, 11) is 1.91. The number of rotatable bonds is 6. The average Bonchev–Trinajstić information content (AvgIpc) is 3.24. The van der Waals surface area contributed by atoms with E-state index in [1.807, 2.05) is 58.2 Å². The van der Waals surface area contributed by atoms with Crippen LogP contribution >= 0.6 is 11.3 Å². The highest BCUT2D eigenvalue weighted by atomic mass is 32.1. The van der Waals surface area contributed by atoms with Crippen LogP contribution in [0.15, 0.2) is 55.6 Å². The van der Waals surface area contributed by atoms with Gasteiger partial charge in [-0.15, -0.1) is 24.5 Å². The first-order valence-electron chi connectivity index (χ1n) is 10.2. The third-order valence-electron chi connectivity index (χ3n) is 3.69. The fourth-order valence-electron chi connectivity index (χ4n) is 2.21. The molecule has 0 amide bonds. The van der Waals surface area contributed by atoms with Crippen molar-refractivity contribution >= 4 is 27.2 Å². The zero-order valence-corrected chi connectivity index (χ0v) is 19.6. The molecule has 166 valence electrons. The lowest BCUT2D eigenvalue weighted by atomic mass is 10.2. The Morgan fingerprint density at radius 1 is 1.10 bits per heavy atom. The predicted molar refractivity (Wildman–Crippen MR) is 132 cm³/mol. The van der Waals surface area contributed by atoms with Crippen LogP contribution in [-0.2, 0) is 0 Å². The van der Waals surface area contributed by atoms with E-state index in [2.05, 4.69) is 35.6 Å². The van der Waals surface area contributed by atoms with Crippen LogP contribution in [0, 0.1) is 0 Å². The van der Waals surface area contributed by atoms with Crippen molar-refractivity contribution in [3.63, 3.8) is 0 Å². The number of aromatic nitrogens is 1. The second-order valence-corrected chi connectivity index (χ2v) is 6.70. The maximum atomic E-state index is 9.59. The van der Waals surface area contributed by atoms with Gasteiger partial charge in [0.25, 0.3) is 0 Å². The van der Waals surface area contributed by atoms with Gasteiger partial charge in [-0.3, -0.25) is 0 Å². The molecule has 6 heteroatoms. The second kappa shape index (κ2) is 16.4. The highest BCUT2D eigenvalue weighted by Gasteiger charge is 2.08. The largest absolute Gasteiger partial charge is 0.491 e. The molecule has 5 nitrogen and oxygen atoms in total. The third kappa shape index (κ3) is 8.95. The van der Waals surface area contributed by atoms with E-state index in [-0.39, 0.29) is 6.61 Å². The van der Waals surface area contributed by atoms with Gasteiger partial charge in [-0.2, -0.15) is 0 Å². The minimum Gasteiger partial charge on any atom is -0.491 e. The molecule has 3 aromatic rings. The second-order valence-electron chi connectivity index (χ2n) is 5.67. The van der Waals surface area contributed by atoms with Crippen molar-refractivity contribution in [2.75, 3.05) is 25.6 Å². The minimum absolute atomic E-state index is 0.250. The molecule has 3 rings (SSSR count). The topological polar surface area (TPSA) is 74.6 Å². The summed E-state index contributed by atoms with van der Waals surface area (Å²) in [6.45, 7) is 14.2. The number of thiazole rings is 1. The van der Waals surface area contributed by atoms with Gasteiger partial charge in [0.1, 0.15) is 17.4 Å². The number of anilines is 1. The molecule has 30 heavy (non-hydrogen) atoms. The summed E-state index contributed by atoms with van der Waals surface area (Å²) in [6, 6.07) is 14.1. The smallest absolute Gasteiger partial charge is 0.124 e. The highest BCUT2D eigenvalue weighted by molar-refractivity contribution is 7.21. The molecule has 0 aliphatic rings. The van der Waals surface area contributed by atoms with Gasteiger partial charge in [0.15, 0.2) is 0 Å². The van der Waals surface area contributed by atoms with Crippen LogP contribution < -0.4 is 10.1 Å².